The predicted molar refractivity (Wildman–Crippen MR) is 71.9 cm³/mol. The van der Waals surface area contributed by atoms with E-state index in [9.17, 15) is 9.90 Å². The summed E-state index contributed by atoms with van der Waals surface area (Å²) in [4.78, 5) is 14.8. The minimum absolute atomic E-state index is 0.0655. The highest BCUT2D eigenvalue weighted by Crippen LogP contribution is 2.50. The van der Waals surface area contributed by atoms with Crippen molar-refractivity contribution in [2.45, 2.75) is 31.7 Å². The molecule has 1 aliphatic carbocycles. The number of fused-ring (bicyclic) bond motifs is 1. The molecule has 5 heteroatoms. The molecular formula is C14H16N2O2S. The number of nitriles is 1. The molecular weight excluding hydrogens is 260 g/mol. The standard InChI is InChI=1S/C14H16N2O2S/c15-6-5-14(3-4-14)9-16-7-1-11-10(2-8-19-11)12(16)13(17)18/h2,8,12H,1,3-5,7,9H2,(H,17,18). The van der Waals surface area contributed by atoms with Gasteiger partial charge in [0.2, 0.25) is 0 Å². The Morgan fingerprint density at radius 2 is 2.42 bits per heavy atom. The molecule has 0 bridgehead atoms. The predicted octanol–water partition coefficient (Wildman–Crippen LogP) is 2.43. The Labute approximate surface area is 116 Å². The van der Waals surface area contributed by atoms with Crippen molar-refractivity contribution in [1.82, 2.24) is 4.90 Å². The van der Waals surface area contributed by atoms with Crippen molar-refractivity contribution in [1.29, 1.82) is 5.26 Å². The van der Waals surface area contributed by atoms with E-state index in [0.717, 1.165) is 37.9 Å². The van der Waals surface area contributed by atoms with E-state index in [-0.39, 0.29) is 5.41 Å². The van der Waals surface area contributed by atoms with Gasteiger partial charge in [0, 0.05) is 24.4 Å². The second-order valence-electron chi connectivity index (χ2n) is 5.60. The monoisotopic (exact) mass is 276 g/mol. The van der Waals surface area contributed by atoms with Gasteiger partial charge in [-0.2, -0.15) is 5.26 Å². The van der Waals surface area contributed by atoms with E-state index in [0.29, 0.717) is 6.42 Å². The van der Waals surface area contributed by atoms with Crippen LogP contribution in [0.4, 0.5) is 0 Å². The second kappa shape index (κ2) is 4.62. The van der Waals surface area contributed by atoms with E-state index in [2.05, 4.69) is 11.0 Å². The average Bonchev–Trinajstić information content (AvgIpc) is 2.95. The van der Waals surface area contributed by atoms with Gasteiger partial charge >= 0.3 is 5.97 Å². The molecule has 19 heavy (non-hydrogen) atoms. The molecule has 1 unspecified atom stereocenters. The van der Waals surface area contributed by atoms with Gasteiger partial charge in [0.15, 0.2) is 0 Å². The first-order valence-electron chi connectivity index (χ1n) is 6.55. The molecule has 3 rings (SSSR count). The molecule has 0 spiro atoms. The Balaban J connectivity index is 1.83. The fourth-order valence-corrected chi connectivity index (χ4v) is 3.90. The van der Waals surface area contributed by atoms with E-state index in [4.69, 9.17) is 5.26 Å². The number of carboxylic acid groups (broad SMARTS) is 1. The van der Waals surface area contributed by atoms with Crippen LogP contribution in [0.2, 0.25) is 0 Å². The molecule has 1 saturated carbocycles. The second-order valence-corrected chi connectivity index (χ2v) is 6.60. The van der Waals surface area contributed by atoms with Crippen molar-refractivity contribution in [3.8, 4) is 6.07 Å². The van der Waals surface area contributed by atoms with E-state index >= 15 is 0 Å². The van der Waals surface area contributed by atoms with Gasteiger partial charge < -0.3 is 5.11 Å². The highest BCUT2D eigenvalue weighted by Gasteiger charge is 2.46. The first kappa shape index (κ1) is 12.6. The Bertz CT molecular complexity index is 542. The number of hydrogen-bond donors (Lipinski definition) is 1. The summed E-state index contributed by atoms with van der Waals surface area (Å²) < 4.78 is 0. The van der Waals surface area contributed by atoms with Crippen LogP contribution in [0, 0.1) is 16.7 Å². The third kappa shape index (κ3) is 2.26. The van der Waals surface area contributed by atoms with E-state index in [1.54, 1.807) is 11.3 Å². The fourth-order valence-electron chi connectivity index (χ4n) is 2.99. The maximum atomic E-state index is 11.6. The molecule has 100 valence electrons. The minimum atomic E-state index is -0.771. The van der Waals surface area contributed by atoms with Crippen LogP contribution >= 0.6 is 11.3 Å². The van der Waals surface area contributed by atoms with Crippen LogP contribution in [0.25, 0.3) is 0 Å². The lowest BCUT2D eigenvalue weighted by Crippen LogP contribution is -2.42. The molecule has 1 aromatic rings. The molecule has 0 radical (unpaired) electrons. The van der Waals surface area contributed by atoms with Crippen LogP contribution in [-0.4, -0.2) is 29.1 Å². The Kier molecular flexibility index (Phi) is 3.08. The SMILES string of the molecule is N#CCC1(CN2CCc3sccc3C2C(=O)O)CC1. The van der Waals surface area contributed by atoms with Gasteiger partial charge in [0.25, 0.3) is 0 Å². The zero-order valence-corrected chi connectivity index (χ0v) is 11.4. The maximum Gasteiger partial charge on any atom is 0.325 e. The summed E-state index contributed by atoms with van der Waals surface area (Å²) >= 11 is 1.65. The maximum absolute atomic E-state index is 11.6. The molecule has 0 saturated heterocycles. The van der Waals surface area contributed by atoms with Crippen LogP contribution < -0.4 is 0 Å². The molecule has 2 aliphatic rings. The van der Waals surface area contributed by atoms with Crippen molar-refractivity contribution in [3.63, 3.8) is 0 Å². The van der Waals surface area contributed by atoms with Gasteiger partial charge in [-0.25, -0.2) is 0 Å². The number of hydrogen-bond acceptors (Lipinski definition) is 4. The van der Waals surface area contributed by atoms with Gasteiger partial charge in [-0.15, -0.1) is 11.3 Å². The van der Waals surface area contributed by atoms with Gasteiger partial charge in [-0.1, -0.05) is 0 Å². The lowest BCUT2D eigenvalue weighted by Gasteiger charge is -2.35. The Hall–Kier alpha value is -1.38. The van der Waals surface area contributed by atoms with E-state index < -0.39 is 12.0 Å². The fraction of sp³-hybridized carbons (Fsp3) is 0.571. The molecule has 0 aromatic carbocycles. The van der Waals surface area contributed by atoms with Crippen molar-refractivity contribution >= 4 is 17.3 Å². The summed E-state index contributed by atoms with van der Waals surface area (Å²) in [5, 5.41) is 20.4. The van der Waals surface area contributed by atoms with E-state index in [1.807, 2.05) is 11.4 Å². The topological polar surface area (TPSA) is 64.3 Å². The van der Waals surface area contributed by atoms with Crippen molar-refractivity contribution in [2.75, 3.05) is 13.1 Å². The molecule has 1 fully saturated rings. The van der Waals surface area contributed by atoms with Crippen LogP contribution in [0.5, 0.6) is 0 Å². The number of aliphatic carboxylic acids is 1. The third-order valence-electron chi connectivity index (χ3n) is 4.25. The van der Waals surface area contributed by atoms with Gasteiger partial charge in [0.05, 0.1) is 6.07 Å². The number of carboxylic acids is 1. The van der Waals surface area contributed by atoms with Gasteiger partial charge in [-0.3, -0.25) is 9.69 Å². The van der Waals surface area contributed by atoms with Crippen molar-refractivity contribution in [2.24, 2.45) is 5.41 Å². The summed E-state index contributed by atoms with van der Waals surface area (Å²) in [7, 11) is 0. The minimum Gasteiger partial charge on any atom is -0.480 e. The summed E-state index contributed by atoms with van der Waals surface area (Å²) in [6.45, 7) is 1.53. The summed E-state index contributed by atoms with van der Waals surface area (Å²) in [5.41, 5.74) is 1.02. The van der Waals surface area contributed by atoms with Crippen molar-refractivity contribution < 1.29 is 9.90 Å². The number of nitrogens with zero attached hydrogens (tertiary/aromatic N) is 2. The molecule has 0 amide bonds. The largest absolute Gasteiger partial charge is 0.480 e. The molecule has 1 N–H and O–H groups in total. The molecule has 1 aromatic heterocycles. The lowest BCUT2D eigenvalue weighted by atomic mass is 9.95. The Morgan fingerprint density at radius 3 is 3.05 bits per heavy atom. The summed E-state index contributed by atoms with van der Waals surface area (Å²) in [6.07, 6.45) is 3.59. The molecule has 4 nitrogen and oxygen atoms in total. The quantitative estimate of drug-likeness (QED) is 0.917. The van der Waals surface area contributed by atoms with Crippen LogP contribution in [0.15, 0.2) is 11.4 Å². The van der Waals surface area contributed by atoms with E-state index in [1.165, 1.54) is 4.88 Å². The van der Waals surface area contributed by atoms with Crippen LogP contribution in [-0.2, 0) is 11.2 Å². The number of carbonyl (C=O) groups is 1. The van der Waals surface area contributed by atoms with Gasteiger partial charge in [-0.05, 0) is 41.7 Å². The normalized spacial score (nSPS) is 24.5. The third-order valence-corrected chi connectivity index (χ3v) is 5.25. The smallest absolute Gasteiger partial charge is 0.325 e. The first-order valence-corrected chi connectivity index (χ1v) is 7.43. The van der Waals surface area contributed by atoms with Crippen molar-refractivity contribution in [3.05, 3.63) is 21.9 Å². The highest BCUT2D eigenvalue weighted by molar-refractivity contribution is 7.10. The highest BCUT2D eigenvalue weighted by atomic mass is 32.1. The number of thiophene rings is 1. The summed E-state index contributed by atoms with van der Waals surface area (Å²) in [5.74, 6) is -0.771. The summed E-state index contributed by atoms with van der Waals surface area (Å²) in [6, 6.07) is 3.66. The zero-order valence-electron chi connectivity index (χ0n) is 10.6. The molecule has 1 aliphatic heterocycles. The number of rotatable bonds is 4. The van der Waals surface area contributed by atoms with Crippen LogP contribution in [0.3, 0.4) is 0 Å². The zero-order chi connectivity index (χ0) is 13.5. The Morgan fingerprint density at radius 1 is 1.63 bits per heavy atom. The average molecular weight is 276 g/mol. The first-order chi connectivity index (χ1) is 9.15. The molecule has 1 atom stereocenters. The van der Waals surface area contributed by atoms with Gasteiger partial charge in [0.1, 0.15) is 6.04 Å². The van der Waals surface area contributed by atoms with Crippen LogP contribution in [0.1, 0.15) is 35.7 Å². The lowest BCUT2D eigenvalue weighted by molar-refractivity contribution is -0.144. The molecule has 2 heterocycles.